The Morgan fingerprint density at radius 1 is 1.21 bits per heavy atom. The monoisotopic (exact) mass is 379 g/mol. The van der Waals surface area contributed by atoms with Gasteiger partial charge in [-0.1, -0.05) is 24.3 Å². The number of anilines is 1. The lowest BCUT2D eigenvalue weighted by molar-refractivity contribution is -0.0896. The van der Waals surface area contributed by atoms with Gasteiger partial charge >= 0.3 is 5.97 Å². The number of carbonyl (C=O) groups excluding carboxylic acids is 1. The maximum Gasteiger partial charge on any atom is 0.337 e. The lowest BCUT2D eigenvalue weighted by atomic mass is 9.92. The Kier molecular flexibility index (Phi) is 5.98. The van der Waals surface area contributed by atoms with Gasteiger partial charge in [-0.25, -0.2) is 9.64 Å². The number of esters is 1. The van der Waals surface area contributed by atoms with Crippen molar-refractivity contribution in [3.8, 4) is 0 Å². The van der Waals surface area contributed by atoms with Crippen molar-refractivity contribution >= 4 is 17.3 Å². The van der Waals surface area contributed by atoms with Crippen LogP contribution in [0, 0.1) is 6.57 Å². The van der Waals surface area contributed by atoms with Gasteiger partial charge in [0.05, 0.1) is 19.2 Å². The summed E-state index contributed by atoms with van der Waals surface area (Å²) < 4.78 is 4.71. The normalized spacial score (nSPS) is 15.4. The van der Waals surface area contributed by atoms with Crippen molar-refractivity contribution in [2.45, 2.75) is 12.0 Å². The Bertz CT molecular complexity index is 850. The van der Waals surface area contributed by atoms with E-state index < -0.39 is 5.60 Å². The van der Waals surface area contributed by atoms with Crippen LogP contribution in [0.4, 0.5) is 11.4 Å². The highest BCUT2D eigenvalue weighted by Gasteiger charge is 2.41. The van der Waals surface area contributed by atoms with E-state index in [2.05, 4.69) is 9.74 Å². The van der Waals surface area contributed by atoms with E-state index in [9.17, 15) is 9.90 Å². The SMILES string of the molecule is [C-]#[N+]c1ccc(CCN2CC(O)(CN(C)c3ccc(C(=O)OC)cc3)C2)cc1. The summed E-state index contributed by atoms with van der Waals surface area (Å²) in [7, 11) is 3.30. The van der Waals surface area contributed by atoms with Gasteiger partial charge in [0.15, 0.2) is 5.69 Å². The Labute approximate surface area is 165 Å². The lowest BCUT2D eigenvalue weighted by Gasteiger charge is -2.48. The van der Waals surface area contributed by atoms with Crippen LogP contribution >= 0.6 is 0 Å². The first-order valence-corrected chi connectivity index (χ1v) is 9.23. The number of benzene rings is 2. The Balaban J connectivity index is 1.46. The molecule has 0 amide bonds. The van der Waals surface area contributed by atoms with E-state index in [1.165, 1.54) is 12.7 Å². The third-order valence-corrected chi connectivity index (χ3v) is 5.08. The zero-order chi connectivity index (χ0) is 20.1. The fraction of sp³-hybridized carbons (Fsp3) is 0.364. The van der Waals surface area contributed by atoms with Gasteiger partial charge in [-0.2, -0.15) is 0 Å². The summed E-state index contributed by atoms with van der Waals surface area (Å²) in [6.45, 7) is 9.68. The molecule has 6 heteroatoms. The highest BCUT2D eigenvalue weighted by atomic mass is 16.5. The predicted molar refractivity (Wildman–Crippen MR) is 109 cm³/mol. The van der Waals surface area contributed by atoms with Crippen molar-refractivity contribution in [2.24, 2.45) is 0 Å². The molecule has 2 aromatic rings. The maximum atomic E-state index is 11.5. The number of β-amino-alcohol motifs (C(OH)–C–C–N with tert-alkyl or cyclic N) is 1. The van der Waals surface area contributed by atoms with E-state index in [1.807, 2.05) is 48.3 Å². The predicted octanol–water partition coefficient (Wildman–Crippen LogP) is 2.75. The minimum atomic E-state index is -0.732. The zero-order valence-corrected chi connectivity index (χ0v) is 16.3. The van der Waals surface area contributed by atoms with Gasteiger partial charge in [-0.15, -0.1) is 0 Å². The van der Waals surface area contributed by atoms with Gasteiger partial charge in [0.1, 0.15) is 5.60 Å². The molecule has 1 heterocycles. The number of ether oxygens (including phenoxy) is 1. The van der Waals surface area contributed by atoms with E-state index in [-0.39, 0.29) is 5.97 Å². The summed E-state index contributed by atoms with van der Waals surface area (Å²) in [5.74, 6) is -0.355. The molecule has 0 unspecified atom stereocenters. The Morgan fingerprint density at radius 2 is 1.86 bits per heavy atom. The molecular formula is C22H25N3O3. The molecule has 0 radical (unpaired) electrons. The number of hydrogen-bond acceptors (Lipinski definition) is 5. The minimum absolute atomic E-state index is 0.355. The lowest BCUT2D eigenvalue weighted by Crippen LogP contribution is -2.66. The van der Waals surface area contributed by atoms with Crippen LogP contribution in [0.25, 0.3) is 4.85 Å². The van der Waals surface area contributed by atoms with Gasteiger partial charge in [0.25, 0.3) is 0 Å². The molecule has 3 rings (SSSR count). The van der Waals surface area contributed by atoms with Gasteiger partial charge in [-0.3, -0.25) is 4.90 Å². The van der Waals surface area contributed by atoms with Gasteiger partial charge in [0.2, 0.25) is 0 Å². The van der Waals surface area contributed by atoms with Crippen molar-refractivity contribution in [2.75, 3.05) is 45.2 Å². The number of likely N-dealkylation sites (N-methyl/N-ethyl adjacent to an activating group) is 1. The summed E-state index contributed by atoms with van der Waals surface area (Å²) in [6.07, 6.45) is 0.902. The van der Waals surface area contributed by atoms with Crippen molar-refractivity contribution in [3.63, 3.8) is 0 Å². The Hall–Kier alpha value is -2.88. The topological polar surface area (TPSA) is 57.4 Å². The second-order valence-electron chi connectivity index (χ2n) is 7.36. The molecule has 1 N–H and O–H groups in total. The summed E-state index contributed by atoms with van der Waals surface area (Å²) in [5, 5.41) is 10.8. The highest BCUT2D eigenvalue weighted by Crippen LogP contribution is 2.25. The number of carbonyl (C=O) groups is 1. The number of likely N-dealkylation sites (tertiary alicyclic amines) is 1. The summed E-state index contributed by atoms with van der Waals surface area (Å²) in [4.78, 5) is 19.2. The zero-order valence-electron chi connectivity index (χ0n) is 16.3. The molecular weight excluding hydrogens is 354 g/mol. The molecule has 28 heavy (non-hydrogen) atoms. The molecule has 0 bridgehead atoms. The van der Waals surface area contributed by atoms with E-state index in [0.717, 1.165) is 18.7 Å². The standard InChI is InChI=1S/C22H25N3O3/c1-23-19-8-4-17(5-9-19)12-13-25-15-22(27,16-25)14-24(2)20-10-6-18(7-11-20)21(26)28-3/h4-11,27H,12-16H2,2-3H3. The third kappa shape index (κ3) is 4.69. The molecule has 0 aliphatic carbocycles. The molecule has 1 saturated heterocycles. The highest BCUT2D eigenvalue weighted by molar-refractivity contribution is 5.89. The summed E-state index contributed by atoms with van der Waals surface area (Å²) >= 11 is 0. The number of rotatable bonds is 7. The largest absolute Gasteiger partial charge is 0.465 e. The van der Waals surface area contributed by atoms with Crippen LogP contribution < -0.4 is 4.90 Å². The first-order valence-electron chi connectivity index (χ1n) is 9.23. The summed E-state index contributed by atoms with van der Waals surface area (Å²) in [5.41, 5.74) is 2.58. The fourth-order valence-corrected chi connectivity index (χ4v) is 3.57. The van der Waals surface area contributed by atoms with Crippen LogP contribution in [0.2, 0.25) is 0 Å². The fourth-order valence-electron chi connectivity index (χ4n) is 3.57. The van der Waals surface area contributed by atoms with Crippen LogP contribution in [-0.4, -0.2) is 61.9 Å². The van der Waals surface area contributed by atoms with Crippen molar-refractivity contribution in [3.05, 3.63) is 71.1 Å². The number of aliphatic hydroxyl groups is 1. The quantitative estimate of drug-likeness (QED) is 0.592. The molecule has 0 atom stereocenters. The second-order valence-corrected chi connectivity index (χ2v) is 7.36. The van der Waals surface area contributed by atoms with Gasteiger partial charge in [-0.05, 0) is 36.2 Å². The van der Waals surface area contributed by atoms with E-state index >= 15 is 0 Å². The maximum absolute atomic E-state index is 11.5. The molecule has 1 aliphatic rings. The second kappa shape index (κ2) is 8.42. The van der Waals surface area contributed by atoms with Crippen LogP contribution in [-0.2, 0) is 11.2 Å². The molecule has 1 fully saturated rings. The van der Waals surface area contributed by atoms with Gasteiger partial charge < -0.3 is 14.7 Å². The molecule has 146 valence electrons. The summed E-state index contributed by atoms with van der Waals surface area (Å²) in [6, 6.07) is 14.8. The van der Waals surface area contributed by atoms with Crippen LogP contribution in [0.1, 0.15) is 15.9 Å². The van der Waals surface area contributed by atoms with Crippen molar-refractivity contribution in [1.82, 2.24) is 4.90 Å². The van der Waals surface area contributed by atoms with Crippen LogP contribution in [0.3, 0.4) is 0 Å². The molecule has 1 aliphatic heterocycles. The average Bonchev–Trinajstić information content (AvgIpc) is 2.70. The minimum Gasteiger partial charge on any atom is -0.465 e. The molecule has 6 nitrogen and oxygen atoms in total. The van der Waals surface area contributed by atoms with Crippen LogP contribution in [0.15, 0.2) is 48.5 Å². The van der Waals surface area contributed by atoms with E-state index in [4.69, 9.17) is 11.3 Å². The van der Waals surface area contributed by atoms with Gasteiger partial charge in [0, 0.05) is 38.9 Å². The van der Waals surface area contributed by atoms with E-state index in [0.29, 0.717) is 30.9 Å². The van der Waals surface area contributed by atoms with Crippen molar-refractivity contribution < 1.29 is 14.6 Å². The smallest absolute Gasteiger partial charge is 0.337 e. The van der Waals surface area contributed by atoms with E-state index in [1.54, 1.807) is 12.1 Å². The first kappa shape index (κ1) is 19.9. The molecule has 0 aromatic heterocycles. The number of methoxy groups -OCH3 is 1. The average molecular weight is 379 g/mol. The molecule has 0 saturated carbocycles. The number of hydrogen-bond donors (Lipinski definition) is 1. The van der Waals surface area contributed by atoms with Crippen molar-refractivity contribution in [1.29, 1.82) is 0 Å². The number of nitrogens with zero attached hydrogens (tertiary/aromatic N) is 3. The molecule has 0 spiro atoms. The van der Waals surface area contributed by atoms with Crippen LogP contribution in [0.5, 0.6) is 0 Å². The molecule has 2 aromatic carbocycles. The third-order valence-electron chi connectivity index (χ3n) is 5.08. The first-order chi connectivity index (χ1) is 13.4. The Morgan fingerprint density at radius 3 is 2.43 bits per heavy atom.